The maximum Gasteiger partial charge on any atom is 0.160 e. The van der Waals surface area contributed by atoms with Crippen molar-refractivity contribution >= 4 is 131 Å². The Labute approximate surface area is 759 Å². The molecule has 0 fully saturated rings. The number of benzene rings is 20. The third kappa shape index (κ3) is 12.0. The molecule has 0 spiro atoms. The van der Waals surface area contributed by atoms with Crippen molar-refractivity contribution in [1.29, 1.82) is 0 Å². The molecule has 132 heavy (non-hydrogen) atoms. The van der Waals surface area contributed by atoms with Gasteiger partial charge >= 0.3 is 0 Å². The Bertz CT molecular complexity index is 8430. The fraction of sp³-hybridized carbons (Fsp3) is 0. The number of hydrogen-bond donors (Lipinski definition) is 0. The molecule has 0 radical (unpaired) electrons. The van der Waals surface area contributed by atoms with Crippen molar-refractivity contribution in [1.82, 2.24) is 37.4 Å². The molecule has 0 aliphatic heterocycles. The van der Waals surface area contributed by atoms with Gasteiger partial charge in [0.15, 0.2) is 5.82 Å². The first kappa shape index (κ1) is 74.5. The van der Waals surface area contributed by atoms with E-state index in [9.17, 15) is 0 Å². The third-order valence-corrected chi connectivity index (χ3v) is 27.4. The standard InChI is InChI=1S/C124H78N8/c1-6-25-79(26-7-1)82-27-24-28-91(69-82)124-125-110(80-45-57-96(58-46-80)131-120-65-53-87(83-49-61-116-102(70-83)98-37-16-20-41-112(98)127(116)92-29-8-2-9-30-92)74-106(120)107-75-88(54-66-121(107)131)84-50-62-117-103(71-84)99-38-17-21-42-113(99)128(117)93-31-10-3-11-32-93)78-111(126-124)81-47-59-97(60-48-81)132-122-67-55-89(85-51-63-118-104(72-85)100-39-18-22-43-114(100)129(118)94-33-12-4-13-34-94)76-108(122)109-77-90(56-68-123(109)132)86-52-64-119-105(73-86)101-40-19-23-44-115(101)130(119)95-35-14-5-15-36-95/h1-78H. The zero-order valence-corrected chi connectivity index (χ0v) is 71.6. The number of rotatable bonds is 14. The summed E-state index contributed by atoms with van der Waals surface area (Å²) in [6.07, 6.45) is 0. The zero-order valence-electron chi connectivity index (χ0n) is 71.6. The highest BCUT2D eigenvalue weighted by molar-refractivity contribution is 6.18. The van der Waals surface area contributed by atoms with Crippen LogP contribution in [0, 0.1) is 0 Å². The highest BCUT2D eigenvalue weighted by Crippen LogP contribution is 2.47. The monoisotopic (exact) mass is 1680 g/mol. The van der Waals surface area contributed by atoms with Crippen LogP contribution in [0.2, 0.25) is 0 Å². The van der Waals surface area contributed by atoms with Crippen molar-refractivity contribution in [2.75, 3.05) is 0 Å². The van der Waals surface area contributed by atoms with Crippen molar-refractivity contribution in [2.45, 2.75) is 0 Å². The molecule has 0 N–H and O–H groups in total. The number of fused-ring (bicyclic) bond motifs is 18. The summed E-state index contributed by atoms with van der Waals surface area (Å²) in [6, 6.07) is 174. The lowest BCUT2D eigenvalue weighted by Gasteiger charge is -2.13. The molecule has 0 aliphatic rings. The van der Waals surface area contributed by atoms with E-state index in [4.69, 9.17) is 9.97 Å². The first-order valence-electron chi connectivity index (χ1n) is 45.2. The SMILES string of the molecule is c1ccc(-c2cccc(-c3nc(-c4ccc(-n5c6ccc(-c7ccc8c(c7)c7ccccc7n8-c7ccccc7)cc6c6cc(-c7ccc8c(c7)c7ccccc7n8-c7ccccc7)ccc65)cc4)cc(-c4ccc(-n5c6ccc(-c7ccc8c(c7)c7ccccc7n8-c7ccccc7)cc6c6cc(-c7ccc8c(c7)c7ccccc7n8-c7ccccc7)ccc65)cc4)n3)c2)cc1. The van der Waals surface area contributed by atoms with Crippen molar-refractivity contribution in [3.8, 4) is 124 Å². The summed E-state index contributed by atoms with van der Waals surface area (Å²) in [7, 11) is 0. The Morgan fingerprint density at radius 1 is 0.114 bits per heavy atom. The van der Waals surface area contributed by atoms with Crippen LogP contribution in [-0.4, -0.2) is 37.4 Å². The van der Waals surface area contributed by atoms with Gasteiger partial charge in [-0.15, -0.1) is 0 Å². The fourth-order valence-corrected chi connectivity index (χ4v) is 21.3. The smallest absolute Gasteiger partial charge is 0.160 e. The quantitative estimate of drug-likeness (QED) is 0.109. The maximum atomic E-state index is 5.55. The molecular formula is C124H78N8. The molecule has 7 heterocycles. The van der Waals surface area contributed by atoms with E-state index in [1.165, 1.54) is 109 Å². The molecule has 20 aromatic carbocycles. The van der Waals surface area contributed by atoms with E-state index in [-0.39, 0.29) is 0 Å². The molecule has 7 aromatic heterocycles. The maximum absolute atomic E-state index is 5.55. The van der Waals surface area contributed by atoms with Crippen molar-refractivity contribution in [3.63, 3.8) is 0 Å². The van der Waals surface area contributed by atoms with E-state index in [0.29, 0.717) is 5.82 Å². The predicted molar refractivity (Wildman–Crippen MR) is 552 cm³/mol. The second-order valence-electron chi connectivity index (χ2n) is 34.8. The van der Waals surface area contributed by atoms with Crippen LogP contribution in [-0.2, 0) is 0 Å². The summed E-state index contributed by atoms with van der Waals surface area (Å²) in [6.45, 7) is 0. The highest BCUT2D eigenvalue weighted by atomic mass is 15.0. The van der Waals surface area contributed by atoms with Crippen LogP contribution in [0.15, 0.2) is 473 Å². The summed E-state index contributed by atoms with van der Waals surface area (Å²) in [5.74, 6) is 0.640. The number of hydrogen-bond acceptors (Lipinski definition) is 2. The van der Waals surface area contributed by atoms with Gasteiger partial charge in [-0.05, 0) is 262 Å². The van der Waals surface area contributed by atoms with Crippen LogP contribution in [0.25, 0.3) is 254 Å². The van der Waals surface area contributed by atoms with Crippen LogP contribution in [0.4, 0.5) is 0 Å². The van der Waals surface area contributed by atoms with E-state index < -0.39 is 0 Å². The molecule has 614 valence electrons. The van der Waals surface area contributed by atoms with Crippen LogP contribution in [0.5, 0.6) is 0 Å². The van der Waals surface area contributed by atoms with Gasteiger partial charge in [0, 0.05) is 115 Å². The predicted octanol–water partition coefficient (Wildman–Crippen LogP) is 32.4. The molecule has 0 saturated carbocycles. The van der Waals surface area contributed by atoms with Crippen LogP contribution < -0.4 is 0 Å². The van der Waals surface area contributed by atoms with Gasteiger partial charge in [-0.25, -0.2) is 9.97 Å². The average Bonchev–Trinajstić information content (AvgIpc) is 1.57. The van der Waals surface area contributed by atoms with Crippen LogP contribution >= 0.6 is 0 Å². The lowest BCUT2D eigenvalue weighted by Crippen LogP contribution is -1.98. The van der Waals surface area contributed by atoms with Crippen molar-refractivity contribution in [2.24, 2.45) is 0 Å². The molecule has 8 heteroatoms. The summed E-state index contributed by atoms with van der Waals surface area (Å²) >= 11 is 0. The van der Waals surface area contributed by atoms with Crippen LogP contribution in [0.3, 0.4) is 0 Å². The second-order valence-corrected chi connectivity index (χ2v) is 34.8. The minimum Gasteiger partial charge on any atom is -0.309 e. The Kier molecular flexibility index (Phi) is 16.9. The van der Waals surface area contributed by atoms with Gasteiger partial charge in [0.05, 0.1) is 77.6 Å². The highest BCUT2D eigenvalue weighted by Gasteiger charge is 2.25. The minimum atomic E-state index is 0.640. The van der Waals surface area contributed by atoms with E-state index >= 15 is 0 Å². The van der Waals surface area contributed by atoms with Crippen molar-refractivity contribution in [3.05, 3.63) is 473 Å². The lowest BCUT2D eigenvalue weighted by atomic mass is 9.98. The molecule has 8 nitrogen and oxygen atoms in total. The van der Waals surface area contributed by atoms with Gasteiger partial charge < -0.3 is 27.4 Å². The van der Waals surface area contributed by atoms with Gasteiger partial charge in [0.25, 0.3) is 0 Å². The second kappa shape index (κ2) is 30.0. The zero-order chi connectivity index (χ0) is 86.6. The fourth-order valence-electron chi connectivity index (χ4n) is 21.3. The summed E-state index contributed by atoms with van der Waals surface area (Å²) < 4.78 is 14.4. The van der Waals surface area contributed by atoms with E-state index in [0.717, 1.165) is 140 Å². The van der Waals surface area contributed by atoms with E-state index in [2.05, 4.69) is 501 Å². The van der Waals surface area contributed by atoms with E-state index in [1.54, 1.807) is 0 Å². The summed E-state index contributed by atoms with van der Waals surface area (Å²) in [5, 5.41) is 14.4. The van der Waals surface area contributed by atoms with Gasteiger partial charge in [0.2, 0.25) is 0 Å². The van der Waals surface area contributed by atoms with Crippen LogP contribution in [0.1, 0.15) is 0 Å². The van der Waals surface area contributed by atoms with Gasteiger partial charge in [-0.1, -0.05) is 267 Å². The number of aromatic nitrogens is 8. The minimum absolute atomic E-state index is 0.640. The average molecular weight is 1680 g/mol. The normalized spacial score (nSPS) is 11.9. The molecule has 0 bridgehead atoms. The van der Waals surface area contributed by atoms with Gasteiger partial charge in [-0.3, -0.25) is 0 Å². The Morgan fingerprint density at radius 2 is 0.303 bits per heavy atom. The van der Waals surface area contributed by atoms with Gasteiger partial charge in [0.1, 0.15) is 0 Å². The summed E-state index contributed by atoms with van der Waals surface area (Å²) in [5.41, 5.74) is 36.5. The molecule has 27 rings (SSSR count). The van der Waals surface area contributed by atoms with E-state index in [1.807, 2.05) is 0 Å². The topological polar surface area (TPSA) is 55.4 Å². The Balaban J connectivity index is 0.588. The largest absolute Gasteiger partial charge is 0.309 e. The number of para-hydroxylation sites is 8. The molecule has 27 aromatic rings. The molecule has 0 atom stereocenters. The first-order chi connectivity index (χ1) is 65.4. The first-order valence-corrected chi connectivity index (χ1v) is 45.2. The third-order valence-electron chi connectivity index (χ3n) is 27.4. The Morgan fingerprint density at radius 3 is 0.568 bits per heavy atom. The lowest BCUT2D eigenvalue weighted by molar-refractivity contribution is 1.16. The van der Waals surface area contributed by atoms with Gasteiger partial charge in [-0.2, -0.15) is 0 Å². The Hall–Kier alpha value is -17.7. The summed E-state index contributed by atoms with van der Waals surface area (Å²) in [4.78, 5) is 11.1. The molecule has 0 aliphatic carbocycles. The molecule has 0 saturated heterocycles. The van der Waals surface area contributed by atoms with Crippen molar-refractivity contribution < 1.29 is 0 Å². The molecule has 0 amide bonds. The molecular weight excluding hydrogens is 1600 g/mol. The number of nitrogens with zero attached hydrogens (tertiary/aromatic N) is 8. The molecule has 0 unspecified atom stereocenters.